The molecule has 6 nitrogen and oxygen atoms in total. The lowest BCUT2D eigenvalue weighted by molar-refractivity contribution is -0.385. The van der Waals surface area contributed by atoms with Gasteiger partial charge in [0.2, 0.25) is 5.82 Å². The first-order valence-corrected chi connectivity index (χ1v) is 6.76. The fourth-order valence-electron chi connectivity index (χ4n) is 2.11. The van der Waals surface area contributed by atoms with Crippen LogP contribution in [0.2, 0.25) is 0 Å². The Balaban J connectivity index is 2.50. The standard InChI is InChI=1S/C13H9F7N4O2/c1-6-4-7(2-3-8(6)24(25)26)5-23-11(12(16,17)9(14)15)21-10(22-23)13(18,19)20/h2-4,9H,5H2,1H3. The molecule has 1 aromatic heterocycles. The lowest BCUT2D eigenvalue weighted by atomic mass is 10.1. The third kappa shape index (κ3) is 3.75. The van der Waals surface area contributed by atoms with E-state index in [1.807, 2.05) is 0 Å². The van der Waals surface area contributed by atoms with Crippen molar-refractivity contribution in [2.24, 2.45) is 0 Å². The number of nitro groups is 1. The molecule has 0 unspecified atom stereocenters. The van der Waals surface area contributed by atoms with Crippen LogP contribution in [0.1, 0.15) is 22.8 Å². The Kier molecular flexibility index (Phi) is 4.92. The average molecular weight is 386 g/mol. The monoisotopic (exact) mass is 386 g/mol. The van der Waals surface area contributed by atoms with Crippen LogP contribution in [0.25, 0.3) is 0 Å². The molecule has 0 N–H and O–H groups in total. The van der Waals surface area contributed by atoms with E-state index in [1.54, 1.807) is 0 Å². The minimum Gasteiger partial charge on any atom is -0.258 e. The molecule has 0 aliphatic carbocycles. The molecule has 0 fully saturated rings. The van der Waals surface area contributed by atoms with Gasteiger partial charge in [-0.05, 0) is 18.6 Å². The second kappa shape index (κ2) is 6.53. The van der Waals surface area contributed by atoms with Crippen LogP contribution in [0.15, 0.2) is 18.2 Å². The number of rotatable bonds is 5. The van der Waals surface area contributed by atoms with E-state index < -0.39 is 41.6 Å². The summed E-state index contributed by atoms with van der Waals surface area (Å²) >= 11 is 0. The molecule has 0 aliphatic heterocycles. The number of aromatic nitrogens is 3. The van der Waals surface area contributed by atoms with Gasteiger partial charge in [-0.1, -0.05) is 6.07 Å². The van der Waals surface area contributed by atoms with Gasteiger partial charge in [0.15, 0.2) is 0 Å². The van der Waals surface area contributed by atoms with E-state index in [0.717, 1.165) is 18.2 Å². The highest BCUT2D eigenvalue weighted by Crippen LogP contribution is 2.36. The van der Waals surface area contributed by atoms with Gasteiger partial charge in [0.25, 0.3) is 11.5 Å². The van der Waals surface area contributed by atoms with Gasteiger partial charge in [-0.15, -0.1) is 5.10 Å². The summed E-state index contributed by atoms with van der Waals surface area (Å²) in [6.45, 7) is 0.554. The number of alkyl halides is 7. The zero-order valence-electron chi connectivity index (χ0n) is 12.8. The summed E-state index contributed by atoms with van der Waals surface area (Å²) in [7, 11) is 0. The van der Waals surface area contributed by atoms with E-state index in [9.17, 15) is 40.8 Å². The fraction of sp³-hybridized carbons (Fsp3) is 0.385. The highest BCUT2D eigenvalue weighted by atomic mass is 19.4. The van der Waals surface area contributed by atoms with Gasteiger partial charge < -0.3 is 0 Å². The minimum absolute atomic E-state index is 0.00951. The molecule has 1 heterocycles. The molecule has 1 aromatic carbocycles. The van der Waals surface area contributed by atoms with E-state index in [-0.39, 0.29) is 21.5 Å². The van der Waals surface area contributed by atoms with Crippen molar-refractivity contribution < 1.29 is 35.7 Å². The topological polar surface area (TPSA) is 73.8 Å². The summed E-state index contributed by atoms with van der Waals surface area (Å²) in [5, 5.41) is 13.6. The van der Waals surface area contributed by atoms with Gasteiger partial charge in [0.05, 0.1) is 11.5 Å². The van der Waals surface area contributed by atoms with Crippen molar-refractivity contribution in [2.75, 3.05) is 0 Å². The number of nitro benzene ring substituents is 1. The SMILES string of the molecule is Cc1cc(Cn2nc(C(F)(F)F)nc2C(F)(F)C(F)F)ccc1[N+](=O)[O-]. The van der Waals surface area contributed by atoms with Gasteiger partial charge >= 0.3 is 18.5 Å². The van der Waals surface area contributed by atoms with E-state index in [1.165, 1.54) is 6.92 Å². The van der Waals surface area contributed by atoms with Crippen LogP contribution >= 0.6 is 0 Å². The Morgan fingerprint density at radius 1 is 1.23 bits per heavy atom. The normalized spacial score (nSPS) is 12.7. The first-order valence-electron chi connectivity index (χ1n) is 6.76. The molecule has 2 rings (SSSR count). The molecule has 0 atom stereocenters. The lowest BCUT2D eigenvalue weighted by Crippen LogP contribution is -2.28. The maximum Gasteiger partial charge on any atom is 0.453 e. The van der Waals surface area contributed by atoms with E-state index >= 15 is 0 Å². The zero-order chi connectivity index (χ0) is 19.9. The van der Waals surface area contributed by atoms with Crippen LogP contribution in [0.5, 0.6) is 0 Å². The third-order valence-corrected chi connectivity index (χ3v) is 3.29. The van der Waals surface area contributed by atoms with Crippen molar-refractivity contribution >= 4 is 5.69 Å². The summed E-state index contributed by atoms with van der Waals surface area (Å²) in [6, 6.07) is 3.25. The highest BCUT2D eigenvalue weighted by molar-refractivity contribution is 5.41. The highest BCUT2D eigenvalue weighted by Gasteiger charge is 2.50. The lowest BCUT2D eigenvalue weighted by Gasteiger charge is -2.15. The van der Waals surface area contributed by atoms with Crippen molar-refractivity contribution in [1.82, 2.24) is 14.8 Å². The van der Waals surface area contributed by atoms with Crippen molar-refractivity contribution in [3.05, 3.63) is 51.1 Å². The molecule has 0 saturated carbocycles. The van der Waals surface area contributed by atoms with E-state index in [2.05, 4.69) is 10.1 Å². The van der Waals surface area contributed by atoms with Crippen molar-refractivity contribution in [1.29, 1.82) is 0 Å². The molecule has 0 bridgehead atoms. The minimum atomic E-state index is -5.22. The first kappa shape index (κ1) is 19.6. The van der Waals surface area contributed by atoms with Crippen molar-refractivity contribution in [3.63, 3.8) is 0 Å². The van der Waals surface area contributed by atoms with Gasteiger partial charge in [0, 0.05) is 11.6 Å². The number of benzene rings is 1. The summed E-state index contributed by atoms with van der Waals surface area (Å²) < 4.78 is 90.2. The number of halogens is 7. The van der Waals surface area contributed by atoms with Gasteiger partial charge in [0.1, 0.15) is 0 Å². The molecular weight excluding hydrogens is 377 g/mol. The molecule has 13 heteroatoms. The number of hydrogen-bond donors (Lipinski definition) is 0. The Bertz CT molecular complexity index is 832. The van der Waals surface area contributed by atoms with E-state index in [4.69, 9.17) is 0 Å². The quantitative estimate of drug-likeness (QED) is 0.444. The number of nitrogens with zero attached hydrogens (tertiary/aromatic N) is 4. The second-order valence-corrected chi connectivity index (χ2v) is 5.22. The molecule has 26 heavy (non-hydrogen) atoms. The first-order chi connectivity index (χ1) is 11.8. The fourth-order valence-corrected chi connectivity index (χ4v) is 2.11. The maximum atomic E-state index is 13.6. The van der Waals surface area contributed by atoms with Crippen LogP contribution in [-0.2, 0) is 18.6 Å². The Morgan fingerprint density at radius 3 is 2.31 bits per heavy atom. The van der Waals surface area contributed by atoms with Gasteiger partial charge in [-0.25, -0.2) is 18.4 Å². The number of hydrogen-bond acceptors (Lipinski definition) is 4. The summed E-state index contributed by atoms with van der Waals surface area (Å²) in [4.78, 5) is 12.5. The largest absolute Gasteiger partial charge is 0.453 e. The van der Waals surface area contributed by atoms with Gasteiger partial charge in [-0.3, -0.25) is 10.1 Å². The predicted molar refractivity (Wildman–Crippen MR) is 71.9 cm³/mol. The Hall–Kier alpha value is -2.73. The Labute approximate surface area is 140 Å². The molecule has 0 saturated heterocycles. The summed E-state index contributed by atoms with van der Waals surface area (Å²) in [5.74, 6) is -8.81. The summed E-state index contributed by atoms with van der Waals surface area (Å²) in [6.07, 6.45) is -9.52. The molecule has 0 amide bonds. The van der Waals surface area contributed by atoms with Crippen molar-refractivity contribution in [2.45, 2.75) is 32.0 Å². The predicted octanol–water partition coefficient (Wildman–Crippen LogP) is 3.92. The molecule has 2 aromatic rings. The Morgan fingerprint density at radius 2 is 1.85 bits per heavy atom. The number of aryl methyl sites for hydroxylation is 1. The molecule has 142 valence electrons. The zero-order valence-corrected chi connectivity index (χ0v) is 12.8. The molecule has 0 aliphatic rings. The van der Waals surface area contributed by atoms with Crippen LogP contribution in [0, 0.1) is 17.0 Å². The molecule has 0 radical (unpaired) electrons. The molecule has 0 spiro atoms. The van der Waals surface area contributed by atoms with Crippen molar-refractivity contribution in [3.8, 4) is 0 Å². The van der Waals surface area contributed by atoms with E-state index in [0.29, 0.717) is 0 Å². The van der Waals surface area contributed by atoms with Crippen LogP contribution in [0.3, 0.4) is 0 Å². The molecular formula is C13H9F7N4O2. The van der Waals surface area contributed by atoms with Gasteiger partial charge in [-0.2, -0.15) is 22.0 Å². The smallest absolute Gasteiger partial charge is 0.258 e. The maximum absolute atomic E-state index is 13.6. The summed E-state index contributed by atoms with van der Waals surface area (Å²) in [5.41, 5.74) is -0.162. The van der Waals surface area contributed by atoms with Crippen LogP contribution in [-0.4, -0.2) is 26.1 Å². The van der Waals surface area contributed by atoms with Crippen LogP contribution in [0.4, 0.5) is 36.4 Å². The van der Waals surface area contributed by atoms with Crippen LogP contribution < -0.4 is 0 Å². The second-order valence-electron chi connectivity index (χ2n) is 5.22. The third-order valence-electron chi connectivity index (χ3n) is 3.29. The average Bonchev–Trinajstić information content (AvgIpc) is 2.91.